The zero-order valence-electron chi connectivity index (χ0n) is 11.0. The van der Waals surface area contributed by atoms with Crippen molar-refractivity contribution in [1.29, 1.82) is 0 Å². The monoisotopic (exact) mass is 220 g/mol. The van der Waals surface area contributed by atoms with E-state index >= 15 is 0 Å². The Balaban J connectivity index is 2.22. The molecule has 2 aliphatic carbocycles. The molecule has 3 atom stereocenters. The van der Waals surface area contributed by atoms with Gasteiger partial charge in [0.15, 0.2) is 0 Å². The molecule has 1 nitrogen and oxygen atoms in total. The highest BCUT2D eigenvalue weighted by atomic mass is 16.3. The predicted octanol–water partition coefficient (Wildman–Crippen LogP) is 3.70. The fraction of sp³-hybridized carbons (Fsp3) is 0.733. The van der Waals surface area contributed by atoms with Crippen molar-refractivity contribution in [3.8, 4) is 0 Å². The summed E-state index contributed by atoms with van der Waals surface area (Å²) in [4.78, 5) is 0. The molecule has 2 rings (SSSR count). The Morgan fingerprint density at radius 3 is 2.62 bits per heavy atom. The summed E-state index contributed by atoms with van der Waals surface area (Å²) < 4.78 is 0. The molecule has 0 bridgehead atoms. The number of hydrogen-bond acceptors (Lipinski definition) is 1. The van der Waals surface area contributed by atoms with Gasteiger partial charge in [-0.05, 0) is 50.4 Å². The normalized spacial score (nSPS) is 44.7. The summed E-state index contributed by atoms with van der Waals surface area (Å²) in [6.45, 7) is 8.94. The van der Waals surface area contributed by atoms with Crippen molar-refractivity contribution >= 4 is 0 Å². The minimum absolute atomic E-state index is 0.154. The standard InChI is InChI=1S/C15H24O/c1-10-6-5-7-11(2)9-13(16)14-12(8-10)15(14,3)4/h7-8,12-14,16H,5-6,9H2,1-4H3/b10-8-,11-7-/t12-,13+,14+/m1/s1. The van der Waals surface area contributed by atoms with Crippen LogP contribution in [0.15, 0.2) is 23.3 Å². The molecule has 0 amide bonds. The molecule has 1 saturated carbocycles. The van der Waals surface area contributed by atoms with Gasteiger partial charge in [0.25, 0.3) is 0 Å². The number of aliphatic hydroxyl groups excluding tert-OH is 1. The lowest BCUT2D eigenvalue weighted by Crippen LogP contribution is -2.14. The Labute approximate surface area is 99.3 Å². The van der Waals surface area contributed by atoms with Gasteiger partial charge < -0.3 is 5.11 Å². The second-order valence-electron chi connectivity index (χ2n) is 6.25. The van der Waals surface area contributed by atoms with E-state index in [0.717, 1.165) is 12.8 Å². The zero-order chi connectivity index (χ0) is 11.9. The Kier molecular flexibility index (Phi) is 3.00. The molecule has 0 aromatic heterocycles. The number of aliphatic hydroxyl groups is 1. The molecule has 0 saturated heterocycles. The molecule has 90 valence electrons. The van der Waals surface area contributed by atoms with Crippen molar-refractivity contribution in [2.75, 3.05) is 0 Å². The highest BCUT2D eigenvalue weighted by Gasteiger charge is 2.59. The highest BCUT2D eigenvalue weighted by molar-refractivity contribution is 5.22. The highest BCUT2D eigenvalue weighted by Crippen LogP contribution is 2.61. The second-order valence-corrected chi connectivity index (χ2v) is 6.25. The van der Waals surface area contributed by atoms with E-state index in [9.17, 15) is 5.11 Å². The summed E-state index contributed by atoms with van der Waals surface area (Å²) in [6.07, 6.45) is 7.69. The quantitative estimate of drug-likeness (QED) is 0.617. The molecular weight excluding hydrogens is 196 g/mol. The van der Waals surface area contributed by atoms with Gasteiger partial charge in [0, 0.05) is 0 Å². The van der Waals surface area contributed by atoms with Crippen molar-refractivity contribution in [3.05, 3.63) is 23.3 Å². The molecule has 1 heteroatoms. The Morgan fingerprint density at radius 2 is 1.94 bits per heavy atom. The molecule has 0 aliphatic heterocycles. The molecule has 2 aliphatic rings. The minimum atomic E-state index is -0.154. The molecule has 0 aromatic carbocycles. The van der Waals surface area contributed by atoms with Crippen LogP contribution in [-0.2, 0) is 0 Å². The first kappa shape index (κ1) is 11.9. The first-order chi connectivity index (χ1) is 7.43. The number of rotatable bonds is 0. The summed E-state index contributed by atoms with van der Waals surface area (Å²) in [6, 6.07) is 0. The molecule has 0 radical (unpaired) electrons. The maximum Gasteiger partial charge on any atom is 0.0616 e. The molecule has 0 spiro atoms. The SMILES string of the molecule is C/C1=C/[C@@H]2[C@@H]([C@@H](O)C/C(C)=C\CC1)C2(C)C. The summed E-state index contributed by atoms with van der Waals surface area (Å²) in [5, 5.41) is 10.3. The van der Waals surface area contributed by atoms with Crippen molar-refractivity contribution in [2.24, 2.45) is 17.3 Å². The number of fused-ring (bicyclic) bond motifs is 1. The van der Waals surface area contributed by atoms with Crippen LogP contribution in [0.5, 0.6) is 0 Å². The summed E-state index contributed by atoms with van der Waals surface area (Å²) in [7, 11) is 0. The van der Waals surface area contributed by atoms with Gasteiger partial charge in [-0.1, -0.05) is 37.1 Å². The number of allylic oxidation sites excluding steroid dienone is 3. The van der Waals surface area contributed by atoms with Crippen LogP contribution in [0.3, 0.4) is 0 Å². The minimum Gasteiger partial charge on any atom is -0.392 e. The lowest BCUT2D eigenvalue weighted by atomic mass is 9.99. The smallest absolute Gasteiger partial charge is 0.0616 e. The van der Waals surface area contributed by atoms with E-state index in [0.29, 0.717) is 17.3 Å². The van der Waals surface area contributed by atoms with Gasteiger partial charge >= 0.3 is 0 Å². The topological polar surface area (TPSA) is 20.2 Å². The van der Waals surface area contributed by atoms with E-state index in [-0.39, 0.29) is 6.10 Å². The van der Waals surface area contributed by atoms with Crippen LogP contribution in [0.2, 0.25) is 0 Å². The van der Waals surface area contributed by atoms with Gasteiger partial charge in [0.2, 0.25) is 0 Å². The van der Waals surface area contributed by atoms with Crippen molar-refractivity contribution in [3.63, 3.8) is 0 Å². The van der Waals surface area contributed by atoms with Gasteiger partial charge in [0.05, 0.1) is 6.10 Å². The molecule has 0 unspecified atom stereocenters. The largest absolute Gasteiger partial charge is 0.392 e. The van der Waals surface area contributed by atoms with Gasteiger partial charge in [-0.25, -0.2) is 0 Å². The summed E-state index contributed by atoms with van der Waals surface area (Å²) in [5.74, 6) is 1.05. The van der Waals surface area contributed by atoms with Gasteiger partial charge in [-0.15, -0.1) is 0 Å². The molecule has 16 heavy (non-hydrogen) atoms. The van der Waals surface area contributed by atoms with E-state index in [1.165, 1.54) is 17.6 Å². The van der Waals surface area contributed by atoms with Crippen LogP contribution in [0.1, 0.15) is 47.0 Å². The van der Waals surface area contributed by atoms with Crippen molar-refractivity contribution < 1.29 is 5.11 Å². The average Bonchev–Trinajstić information content (AvgIpc) is 2.67. The van der Waals surface area contributed by atoms with E-state index in [4.69, 9.17) is 0 Å². The van der Waals surface area contributed by atoms with Gasteiger partial charge in [-0.2, -0.15) is 0 Å². The lowest BCUT2D eigenvalue weighted by molar-refractivity contribution is 0.135. The van der Waals surface area contributed by atoms with Crippen LogP contribution in [0.4, 0.5) is 0 Å². The van der Waals surface area contributed by atoms with Crippen molar-refractivity contribution in [1.82, 2.24) is 0 Å². The lowest BCUT2D eigenvalue weighted by Gasteiger charge is -2.13. The summed E-state index contributed by atoms with van der Waals surface area (Å²) >= 11 is 0. The fourth-order valence-corrected chi connectivity index (χ4v) is 3.25. The summed E-state index contributed by atoms with van der Waals surface area (Å²) in [5.41, 5.74) is 3.13. The first-order valence-electron chi connectivity index (χ1n) is 6.44. The van der Waals surface area contributed by atoms with Crippen LogP contribution < -0.4 is 0 Å². The molecule has 1 N–H and O–H groups in total. The molecular formula is C15H24O. The van der Waals surface area contributed by atoms with E-state index in [2.05, 4.69) is 39.8 Å². The Hall–Kier alpha value is -0.560. The van der Waals surface area contributed by atoms with E-state index in [1.54, 1.807) is 0 Å². The second kappa shape index (κ2) is 4.03. The van der Waals surface area contributed by atoms with Crippen LogP contribution in [-0.4, -0.2) is 11.2 Å². The molecule has 0 heterocycles. The third kappa shape index (κ3) is 2.10. The fourth-order valence-electron chi connectivity index (χ4n) is 3.25. The van der Waals surface area contributed by atoms with Crippen molar-refractivity contribution in [2.45, 2.75) is 53.1 Å². The molecule has 0 aromatic rings. The third-order valence-corrected chi connectivity index (χ3v) is 4.44. The first-order valence-corrected chi connectivity index (χ1v) is 6.44. The zero-order valence-corrected chi connectivity index (χ0v) is 11.0. The Morgan fingerprint density at radius 1 is 1.25 bits per heavy atom. The average molecular weight is 220 g/mol. The number of hydrogen-bond donors (Lipinski definition) is 1. The van der Waals surface area contributed by atoms with E-state index < -0.39 is 0 Å². The van der Waals surface area contributed by atoms with Gasteiger partial charge in [-0.3, -0.25) is 0 Å². The maximum absolute atomic E-state index is 10.3. The maximum atomic E-state index is 10.3. The molecule has 1 fully saturated rings. The predicted molar refractivity (Wildman–Crippen MR) is 68.1 cm³/mol. The van der Waals surface area contributed by atoms with Crippen LogP contribution in [0, 0.1) is 17.3 Å². The van der Waals surface area contributed by atoms with Crippen LogP contribution >= 0.6 is 0 Å². The van der Waals surface area contributed by atoms with E-state index in [1.807, 2.05) is 0 Å². The third-order valence-electron chi connectivity index (χ3n) is 4.44. The Bertz CT molecular complexity index is 335. The van der Waals surface area contributed by atoms with Crippen LogP contribution in [0.25, 0.3) is 0 Å². The van der Waals surface area contributed by atoms with Gasteiger partial charge in [0.1, 0.15) is 0 Å².